The van der Waals surface area contributed by atoms with E-state index in [0.29, 0.717) is 0 Å². The van der Waals surface area contributed by atoms with Crippen molar-refractivity contribution >= 4 is 47.8 Å². The molecular formula is C7H10I2O4. The SMILES string of the molecule is C=I[C@@]12OC[C@@H](O)C1(I)OC[C@H]2O. The molecule has 4 atom stereocenters. The van der Waals surface area contributed by atoms with Crippen LogP contribution in [0.5, 0.6) is 0 Å². The fourth-order valence-corrected chi connectivity index (χ4v) is 5.64. The van der Waals surface area contributed by atoms with Crippen LogP contribution >= 0.6 is 43.3 Å². The molecule has 1 unspecified atom stereocenters. The molecule has 0 aromatic heterocycles. The second kappa shape index (κ2) is 3.34. The highest BCUT2D eigenvalue weighted by molar-refractivity contribution is 14.2. The summed E-state index contributed by atoms with van der Waals surface area (Å²) < 4.78 is 13.3. The lowest BCUT2D eigenvalue weighted by Crippen LogP contribution is -2.49. The normalized spacial score (nSPS) is 55.3. The molecule has 2 saturated heterocycles. The standard InChI is InChI=1S/C7H10I2O4/c1-9-7-5(11)3-12-6(7,8)4(10)2-13-7/h4-5,10-11H,1-3H2/t4-,5-,6?,7+/m1/s1. The highest BCUT2D eigenvalue weighted by atomic mass is 127. The number of hydrogen-bond acceptors (Lipinski definition) is 4. The van der Waals surface area contributed by atoms with Crippen molar-refractivity contribution < 1.29 is 19.7 Å². The molecule has 0 radical (unpaired) electrons. The maximum absolute atomic E-state index is 9.75. The van der Waals surface area contributed by atoms with E-state index in [2.05, 4.69) is 4.51 Å². The summed E-state index contributed by atoms with van der Waals surface area (Å²) in [7, 11) is 0. The summed E-state index contributed by atoms with van der Waals surface area (Å²) in [5, 5.41) is 19.4. The van der Waals surface area contributed by atoms with Crippen LogP contribution in [0.2, 0.25) is 0 Å². The third-order valence-corrected chi connectivity index (χ3v) is 8.25. The van der Waals surface area contributed by atoms with Crippen molar-refractivity contribution in [3.63, 3.8) is 0 Å². The number of rotatable bonds is 1. The lowest BCUT2D eigenvalue weighted by Gasteiger charge is -2.32. The molecule has 0 aliphatic carbocycles. The highest BCUT2D eigenvalue weighted by Crippen LogP contribution is 2.56. The smallest absolute Gasteiger partial charge is 0.187 e. The summed E-state index contributed by atoms with van der Waals surface area (Å²) in [5.41, 5.74) is 0. The number of alkyl halides is 2. The monoisotopic (exact) mass is 412 g/mol. The van der Waals surface area contributed by atoms with Crippen molar-refractivity contribution in [2.75, 3.05) is 13.2 Å². The van der Waals surface area contributed by atoms with Crippen LogP contribution < -0.4 is 0 Å². The van der Waals surface area contributed by atoms with Gasteiger partial charge in [-0.2, -0.15) is 0 Å². The van der Waals surface area contributed by atoms with Gasteiger partial charge in [-0.1, -0.05) is 25.2 Å². The molecule has 2 fully saturated rings. The van der Waals surface area contributed by atoms with E-state index < -0.39 is 40.2 Å². The number of halogens is 2. The maximum atomic E-state index is 9.75. The Labute approximate surface area is 99.5 Å². The Morgan fingerprint density at radius 1 is 1.31 bits per heavy atom. The number of hydrogen-bond donors (Lipinski definition) is 2. The first-order valence-electron chi connectivity index (χ1n) is 3.79. The number of aliphatic hydroxyl groups is 2. The largest absolute Gasteiger partial charge is 0.387 e. The minimum atomic E-state index is -0.779. The molecule has 76 valence electrons. The van der Waals surface area contributed by atoms with Crippen molar-refractivity contribution in [2.24, 2.45) is 0 Å². The van der Waals surface area contributed by atoms with Crippen molar-refractivity contribution in [2.45, 2.75) is 19.4 Å². The molecule has 6 heteroatoms. The van der Waals surface area contributed by atoms with Crippen LogP contribution in [0.15, 0.2) is 0 Å². The molecule has 2 aliphatic rings. The summed E-state index contributed by atoms with van der Waals surface area (Å²) in [5.74, 6) is 0. The summed E-state index contributed by atoms with van der Waals surface area (Å²) >= 11 is 1.45. The Bertz CT molecular complexity index is 249. The van der Waals surface area contributed by atoms with Gasteiger partial charge in [0.2, 0.25) is 0 Å². The molecule has 0 amide bonds. The third-order valence-electron chi connectivity index (χ3n) is 2.42. The first-order valence-corrected chi connectivity index (χ1v) is 7.47. The molecule has 2 aliphatic heterocycles. The first kappa shape index (κ1) is 10.7. The average Bonchev–Trinajstić information content (AvgIpc) is 2.52. The average molecular weight is 412 g/mol. The minimum Gasteiger partial charge on any atom is -0.387 e. The molecule has 0 saturated carbocycles. The van der Waals surface area contributed by atoms with Gasteiger partial charge in [-0.05, 0) is 22.6 Å². The van der Waals surface area contributed by atoms with Crippen LogP contribution in [-0.4, -0.2) is 47.4 Å². The van der Waals surface area contributed by atoms with Crippen LogP contribution in [0.1, 0.15) is 0 Å². The van der Waals surface area contributed by atoms with E-state index in [9.17, 15) is 10.2 Å². The zero-order valence-corrected chi connectivity index (χ0v) is 11.1. The van der Waals surface area contributed by atoms with Crippen LogP contribution in [0.4, 0.5) is 0 Å². The van der Waals surface area contributed by atoms with Gasteiger partial charge in [0.1, 0.15) is 12.2 Å². The summed E-state index contributed by atoms with van der Waals surface area (Å²) in [4.78, 5) is 0. The molecule has 0 bridgehead atoms. The molecule has 0 spiro atoms. The van der Waals surface area contributed by atoms with Gasteiger partial charge >= 0.3 is 0 Å². The predicted octanol–water partition coefficient (Wildman–Crippen LogP) is -0.00110. The van der Waals surface area contributed by atoms with Gasteiger partial charge < -0.3 is 19.7 Å². The van der Waals surface area contributed by atoms with Crippen LogP contribution in [-0.2, 0) is 9.47 Å². The second-order valence-corrected chi connectivity index (χ2v) is 7.05. The van der Waals surface area contributed by atoms with Gasteiger partial charge in [-0.3, -0.25) is 0 Å². The quantitative estimate of drug-likeness (QED) is 0.471. The lowest BCUT2D eigenvalue weighted by molar-refractivity contribution is -0.00332. The predicted molar refractivity (Wildman–Crippen MR) is 64.5 cm³/mol. The van der Waals surface area contributed by atoms with Gasteiger partial charge in [0, 0.05) is 0 Å². The van der Waals surface area contributed by atoms with Gasteiger partial charge in [-0.25, -0.2) is 0 Å². The van der Waals surface area contributed by atoms with E-state index in [1.54, 1.807) is 0 Å². The van der Waals surface area contributed by atoms with Gasteiger partial charge in [0.15, 0.2) is 7.22 Å². The summed E-state index contributed by atoms with van der Waals surface area (Å²) in [6.45, 7) is 0.463. The van der Waals surface area contributed by atoms with Crippen LogP contribution in [0.25, 0.3) is 0 Å². The van der Waals surface area contributed by atoms with Crippen molar-refractivity contribution in [1.29, 1.82) is 0 Å². The Morgan fingerprint density at radius 2 is 1.92 bits per heavy atom. The Balaban J connectivity index is 2.44. The molecule has 2 N–H and O–H groups in total. The minimum absolute atomic E-state index is 0.231. The van der Waals surface area contributed by atoms with E-state index in [1.807, 2.05) is 22.6 Å². The Kier molecular flexibility index (Phi) is 2.74. The summed E-state index contributed by atoms with van der Waals surface area (Å²) in [6, 6.07) is 0. The number of ether oxygens (including phenoxy) is 2. The topological polar surface area (TPSA) is 58.9 Å². The van der Waals surface area contributed by atoms with E-state index in [4.69, 9.17) is 9.47 Å². The van der Waals surface area contributed by atoms with Crippen molar-refractivity contribution in [1.82, 2.24) is 0 Å². The molecule has 2 rings (SSSR count). The molecular weight excluding hydrogens is 402 g/mol. The van der Waals surface area contributed by atoms with Gasteiger partial charge in [0.25, 0.3) is 0 Å². The first-order chi connectivity index (χ1) is 6.07. The molecule has 0 aromatic carbocycles. The molecule has 13 heavy (non-hydrogen) atoms. The van der Waals surface area contributed by atoms with Crippen LogP contribution in [0, 0.1) is 0 Å². The van der Waals surface area contributed by atoms with Crippen molar-refractivity contribution in [3.05, 3.63) is 0 Å². The van der Waals surface area contributed by atoms with E-state index >= 15 is 0 Å². The lowest BCUT2D eigenvalue weighted by atomic mass is 10.1. The van der Waals surface area contributed by atoms with Gasteiger partial charge in [-0.15, -0.1) is 0 Å². The molecule has 4 nitrogen and oxygen atoms in total. The zero-order valence-electron chi connectivity index (χ0n) is 6.74. The fourth-order valence-electron chi connectivity index (χ4n) is 1.68. The highest BCUT2D eigenvalue weighted by Gasteiger charge is 2.68. The van der Waals surface area contributed by atoms with Crippen LogP contribution in [0.3, 0.4) is 0 Å². The van der Waals surface area contributed by atoms with E-state index in [-0.39, 0.29) is 13.2 Å². The zero-order chi connectivity index (χ0) is 9.69. The fraction of sp³-hybridized carbons (Fsp3) is 0.857. The van der Waals surface area contributed by atoms with Crippen molar-refractivity contribution in [3.8, 4) is 0 Å². The van der Waals surface area contributed by atoms with E-state index in [1.165, 1.54) is 0 Å². The Morgan fingerprint density at radius 3 is 2.46 bits per heavy atom. The maximum Gasteiger partial charge on any atom is 0.187 e. The Hall–Kier alpha value is 1.17. The van der Waals surface area contributed by atoms with Gasteiger partial charge in [0.05, 0.1) is 13.2 Å². The third kappa shape index (κ3) is 1.19. The second-order valence-electron chi connectivity index (χ2n) is 3.08. The van der Waals surface area contributed by atoms with E-state index in [0.717, 1.165) is 0 Å². The summed E-state index contributed by atoms with van der Waals surface area (Å²) in [6.07, 6.45) is -1.31. The molecule has 2 heterocycles. The molecule has 0 aromatic rings. The number of aliphatic hydroxyl groups excluding tert-OH is 2. The number of fused-ring (bicyclic) bond motifs is 1.